The molecule has 6 heteroatoms. The first kappa shape index (κ1) is 16.2. The zero-order valence-corrected chi connectivity index (χ0v) is 10.4. The topological polar surface area (TPSA) is 52.3 Å². The molecule has 0 saturated heterocycles. The Bertz CT molecular complexity index is 254. The molecule has 1 atom stereocenters. The van der Waals surface area contributed by atoms with Crippen molar-refractivity contribution in [3.63, 3.8) is 0 Å². The largest absolute Gasteiger partial charge is 0.466 e. The summed E-state index contributed by atoms with van der Waals surface area (Å²) in [5, 5.41) is 0. The third-order valence-corrected chi connectivity index (χ3v) is 2.44. The highest BCUT2D eigenvalue weighted by Crippen LogP contribution is 2.38. The summed E-state index contributed by atoms with van der Waals surface area (Å²) in [6, 6.07) is 0. The Labute approximate surface area is 99.5 Å². The van der Waals surface area contributed by atoms with Crippen LogP contribution >= 0.6 is 0 Å². The van der Waals surface area contributed by atoms with E-state index in [-0.39, 0.29) is 25.5 Å². The van der Waals surface area contributed by atoms with Gasteiger partial charge in [-0.1, -0.05) is 13.8 Å². The molecule has 0 fully saturated rings. The zero-order valence-electron chi connectivity index (χ0n) is 10.4. The molecular weight excluding hydrogens is 235 g/mol. The summed E-state index contributed by atoms with van der Waals surface area (Å²) >= 11 is 0. The summed E-state index contributed by atoms with van der Waals surface area (Å²) < 4.78 is 42.3. The molecule has 0 bridgehead atoms. The van der Waals surface area contributed by atoms with Crippen molar-refractivity contribution < 1.29 is 22.7 Å². The number of halogens is 3. The van der Waals surface area contributed by atoms with Gasteiger partial charge in [0, 0.05) is 6.54 Å². The molecule has 3 nitrogen and oxygen atoms in total. The van der Waals surface area contributed by atoms with Crippen molar-refractivity contribution in [3.05, 3.63) is 0 Å². The summed E-state index contributed by atoms with van der Waals surface area (Å²) in [7, 11) is 0. The predicted molar refractivity (Wildman–Crippen MR) is 58.2 cm³/mol. The molecule has 0 amide bonds. The number of rotatable bonds is 6. The minimum Gasteiger partial charge on any atom is -0.466 e. The number of hydrogen-bond donors (Lipinski definition) is 1. The van der Waals surface area contributed by atoms with E-state index in [1.165, 1.54) is 0 Å². The van der Waals surface area contributed by atoms with Gasteiger partial charge in [-0.2, -0.15) is 13.2 Å². The van der Waals surface area contributed by atoms with Crippen molar-refractivity contribution in [1.29, 1.82) is 0 Å². The van der Waals surface area contributed by atoms with Crippen molar-refractivity contribution in [2.24, 2.45) is 17.1 Å². The predicted octanol–water partition coefficient (Wildman–Crippen LogP) is 2.49. The average molecular weight is 255 g/mol. The molecule has 0 spiro atoms. The lowest BCUT2D eigenvalue weighted by Gasteiger charge is -2.32. The first-order chi connectivity index (χ1) is 7.67. The maximum Gasteiger partial charge on any atom is 0.390 e. The molecule has 102 valence electrons. The molecular formula is C11H20F3NO2. The van der Waals surface area contributed by atoms with E-state index in [9.17, 15) is 18.0 Å². The highest BCUT2D eigenvalue weighted by atomic mass is 19.4. The second-order valence-electron chi connectivity index (χ2n) is 4.59. The Balaban J connectivity index is 5.06. The second kappa shape index (κ2) is 6.23. The lowest BCUT2D eigenvalue weighted by molar-refractivity contribution is -0.183. The van der Waals surface area contributed by atoms with Gasteiger partial charge < -0.3 is 10.5 Å². The van der Waals surface area contributed by atoms with Crippen LogP contribution in [-0.2, 0) is 9.53 Å². The van der Waals surface area contributed by atoms with Crippen molar-refractivity contribution in [2.45, 2.75) is 39.8 Å². The fraction of sp³-hybridized carbons (Fsp3) is 0.909. The van der Waals surface area contributed by atoms with Crippen LogP contribution in [0.4, 0.5) is 13.2 Å². The number of carbonyl (C=O) groups excluding carboxylic acids is 1. The van der Waals surface area contributed by atoms with E-state index in [1.807, 2.05) is 0 Å². The summed E-state index contributed by atoms with van der Waals surface area (Å²) in [4.78, 5) is 11.7. The Morgan fingerprint density at radius 1 is 1.35 bits per heavy atom. The normalized spacial score (nSPS) is 15.8. The summed E-state index contributed by atoms with van der Waals surface area (Å²) in [5.74, 6) is -0.918. The van der Waals surface area contributed by atoms with Gasteiger partial charge in [0.05, 0.1) is 18.4 Å². The van der Waals surface area contributed by atoms with Gasteiger partial charge in [-0.25, -0.2) is 0 Å². The van der Waals surface area contributed by atoms with E-state index >= 15 is 0 Å². The van der Waals surface area contributed by atoms with Crippen molar-refractivity contribution in [1.82, 2.24) is 0 Å². The second-order valence-corrected chi connectivity index (χ2v) is 4.59. The summed E-state index contributed by atoms with van der Waals surface area (Å²) in [5.41, 5.74) is 3.74. The Morgan fingerprint density at radius 2 is 1.88 bits per heavy atom. The third kappa shape index (κ3) is 5.39. The average Bonchev–Trinajstić information content (AvgIpc) is 2.13. The standard InChI is InChI=1S/C11H20F3NO2/c1-4-17-9(16)10(7-15,5-8(2)3)6-11(12,13)14/h8H,4-7,15H2,1-3H3. The van der Waals surface area contributed by atoms with Crippen LogP contribution in [0.15, 0.2) is 0 Å². The molecule has 0 aromatic rings. The third-order valence-electron chi connectivity index (χ3n) is 2.44. The zero-order chi connectivity index (χ0) is 13.7. The molecule has 0 aromatic heterocycles. The number of alkyl halides is 3. The molecule has 0 rings (SSSR count). The minimum absolute atomic E-state index is 0.0521. The SMILES string of the molecule is CCOC(=O)C(CN)(CC(C)C)CC(F)(F)F. The van der Waals surface area contributed by atoms with E-state index in [0.29, 0.717) is 0 Å². The lowest BCUT2D eigenvalue weighted by Crippen LogP contribution is -2.44. The number of ether oxygens (including phenoxy) is 1. The van der Waals surface area contributed by atoms with Gasteiger partial charge >= 0.3 is 12.1 Å². The molecule has 1 unspecified atom stereocenters. The maximum atomic E-state index is 12.5. The van der Waals surface area contributed by atoms with Crippen LogP contribution in [0.1, 0.15) is 33.6 Å². The van der Waals surface area contributed by atoms with Crippen molar-refractivity contribution in [2.75, 3.05) is 13.2 Å². The Kier molecular flexibility index (Phi) is 5.95. The van der Waals surface area contributed by atoms with Gasteiger partial charge in [-0.15, -0.1) is 0 Å². The number of carbonyl (C=O) groups is 1. The van der Waals surface area contributed by atoms with Crippen LogP contribution in [0.5, 0.6) is 0 Å². The Hall–Kier alpha value is -0.780. The monoisotopic (exact) mass is 255 g/mol. The van der Waals surface area contributed by atoms with Crippen LogP contribution < -0.4 is 5.73 Å². The van der Waals surface area contributed by atoms with Gasteiger partial charge in [-0.3, -0.25) is 4.79 Å². The van der Waals surface area contributed by atoms with Crippen LogP contribution in [0, 0.1) is 11.3 Å². The first-order valence-corrected chi connectivity index (χ1v) is 5.61. The summed E-state index contributed by atoms with van der Waals surface area (Å²) in [6.45, 7) is 4.75. The number of esters is 1. The van der Waals surface area contributed by atoms with Crippen molar-refractivity contribution >= 4 is 5.97 Å². The van der Waals surface area contributed by atoms with Gasteiger partial charge in [-0.05, 0) is 19.3 Å². The molecule has 2 N–H and O–H groups in total. The van der Waals surface area contributed by atoms with E-state index in [0.717, 1.165) is 0 Å². The lowest BCUT2D eigenvalue weighted by atomic mass is 9.77. The molecule has 0 radical (unpaired) electrons. The van der Waals surface area contributed by atoms with Gasteiger partial charge in [0.1, 0.15) is 0 Å². The molecule has 0 saturated carbocycles. The highest BCUT2D eigenvalue weighted by Gasteiger charge is 2.48. The number of hydrogen-bond acceptors (Lipinski definition) is 3. The number of nitrogens with two attached hydrogens (primary N) is 1. The molecule has 0 aliphatic heterocycles. The van der Waals surface area contributed by atoms with Crippen LogP contribution in [0.25, 0.3) is 0 Å². The highest BCUT2D eigenvalue weighted by molar-refractivity contribution is 5.77. The molecule has 17 heavy (non-hydrogen) atoms. The fourth-order valence-corrected chi connectivity index (χ4v) is 1.92. The van der Waals surface area contributed by atoms with Gasteiger partial charge in [0.2, 0.25) is 0 Å². The molecule has 0 heterocycles. The quantitative estimate of drug-likeness (QED) is 0.742. The van der Waals surface area contributed by atoms with Gasteiger partial charge in [0.15, 0.2) is 0 Å². The molecule has 0 aromatic carbocycles. The van der Waals surface area contributed by atoms with E-state index in [4.69, 9.17) is 10.5 Å². The minimum atomic E-state index is -4.43. The van der Waals surface area contributed by atoms with Crippen LogP contribution in [-0.4, -0.2) is 25.3 Å². The first-order valence-electron chi connectivity index (χ1n) is 5.61. The van der Waals surface area contributed by atoms with E-state index in [2.05, 4.69) is 0 Å². The smallest absolute Gasteiger partial charge is 0.390 e. The summed E-state index contributed by atoms with van der Waals surface area (Å²) in [6.07, 6.45) is -5.59. The van der Waals surface area contributed by atoms with Crippen molar-refractivity contribution in [3.8, 4) is 0 Å². The van der Waals surface area contributed by atoms with Crippen LogP contribution in [0.3, 0.4) is 0 Å². The molecule has 0 aliphatic carbocycles. The van der Waals surface area contributed by atoms with E-state index in [1.54, 1.807) is 20.8 Å². The fourth-order valence-electron chi connectivity index (χ4n) is 1.92. The van der Waals surface area contributed by atoms with E-state index < -0.39 is 24.0 Å². The Morgan fingerprint density at radius 3 is 2.18 bits per heavy atom. The van der Waals surface area contributed by atoms with Gasteiger partial charge in [0.25, 0.3) is 0 Å². The molecule has 0 aliphatic rings. The van der Waals surface area contributed by atoms with Crippen LogP contribution in [0.2, 0.25) is 0 Å². The maximum absolute atomic E-state index is 12.5.